The molecule has 1 aliphatic heterocycles. The fraction of sp³-hybridized carbons (Fsp3) is 0.615. The van der Waals surface area contributed by atoms with E-state index in [-0.39, 0.29) is 11.4 Å². The molecule has 17 heavy (non-hydrogen) atoms. The van der Waals surface area contributed by atoms with Gasteiger partial charge in [-0.3, -0.25) is 4.79 Å². The summed E-state index contributed by atoms with van der Waals surface area (Å²) in [6.45, 7) is 5.77. The summed E-state index contributed by atoms with van der Waals surface area (Å²) < 4.78 is 0. The second-order valence-corrected chi connectivity index (χ2v) is 5.47. The minimum Gasteiger partial charge on any atom is -0.350 e. The van der Waals surface area contributed by atoms with Crippen LogP contribution in [-0.2, 0) is 11.3 Å². The van der Waals surface area contributed by atoms with Crippen molar-refractivity contribution in [3.63, 3.8) is 0 Å². The van der Waals surface area contributed by atoms with Gasteiger partial charge in [0, 0.05) is 6.54 Å². The molecule has 1 amide bonds. The smallest absolute Gasteiger partial charge is 0.240 e. The minimum atomic E-state index is -0.316. The third kappa shape index (κ3) is 2.53. The number of hydrogen-bond donors (Lipinski definition) is 2. The molecular weight excluding hydrogens is 232 g/mol. The average molecular weight is 252 g/mol. The predicted octanol–water partition coefficient (Wildman–Crippen LogP) is 2.20. The van der Waals surface area contributed by atoms with Gasteiger partial charge in [0.1, 0.15) is 0 Å². The van der Waals surface area contributed by atoms with Crippen molar-refractivity contribution in [2.45, 2.75) is 45.2 Å². The van der Waals surface area contributed by atoms with E-state index in [1.165, 1.54) is 11.1 Å². The van der Waals surface area contributed by atoms with Crippen LogP contribution in [0.25, 0.3) is 0 Å². The first-order chi connectivity index (χ1) is 8.18. The predicted molar refractivity (Wildman–Crippen MR) is 71.2 cm³/mol. The van der Waals surface area contributed by atoms with Crippen LogP contribution in [0, 0.1) is 6.92 Å². The minimum absolute atomic E-state index is 0.156. The van der Waals surface area contributed by atoms with E-state index in [1.807, 2.05) is 0 Å². The number of nitrogens with one attached hydrogen (secondary N) is 2. The molecule has 0 bridgehead atoms. The highest BCUT2D eigenvalue weighted by Gasteiger charge is 2.38. The molecule has 1 unspecified atom stereocenters. The lowest BCUT2D eigenvalue weighted by Crippen LogP contribution is -2.52. The van der Waals surface area contributed by atoms with Gasteiger partial charge in [0.15, 0.2) is 0 Å². The van der Waals surface area contributed by atoms with Crippen LogP contribution in [0.2, 0.25) is 0 Å². The Morgan fingerprint density at radius 1 is 1.59 bits per heavy atom. The van der Waals surface area contributed by atoms with Crippen LogP contribution in [0.4, 0.5) is 0 Å². The number of rotatable bonds is 4. The summed E-state index contributed by atoms with van der Waals surface area (Å²) in [5, 5.41) is 10.6. The Kier molecular flexibility index (Phi) is 3.84. The van der Waals surface area contributed by atoms with Crippen molar-refractivity contribution >= 4 is 17.2 Å². The molecule has 4 heteroatoms. The van der Waals surface area contributed by atoms with E-state index in [2.05, 4.69) is 35.2 Å². The van der Waals surface area contributed by atoms with Gasteiger partial charge in [-0.05, 0) is 54.6 Å². The molecule has 1 aliphatic rings. The van der Waals surface area contributed by atoms with Crippen LogP contribution in [-0.4, -0.2) is 18.0 Å². The normalized spacial score (nSPS) is 23.9. The van der Waals surface area contributed by atoms with Gasteiger partial charge in [-0.15, -0.1) is 0 Å². The van der Waals surface area contributed by atoms with Gasteiger partial charge < -0.3 is 10.6 Å². The Labute approximate surface area is 107 Å². The topological polar surface area (TPSA) is 41.1 Å². The first kappa shape index (κ1) is 12.6. The van der Waals surface area contributed by atoms with Crippen molar-refractivity contribution in [3.05, 3.63) is 21.9 Å². The van der Waals surface area contributed by atoms with Crippen molar-refractivity contribution in [2.75, 3.05) is 6.54 Å². The summed E-state index contributed by atoms with van der Waals surface area (Å²) >= 11 is 1.69. The van der Waals surface area contributed by atoms with Gasteiger partial charge in [-0.2, -0.15) is 11.3 Å². The van der Waals surface area contributed by atoms with E-state index in [0.29, 0.717) is 6.54 Å². The van der Waals surface area contributed by atoms with Crippen molar-refractivity contribution in [2.24, 2.45) is 0 Å². The zero-order valence-corrected chi connectivity index (χ0v) is 11.3. The van der Waals surface area contributed by atoms with Crippen molar-refractivity contribution in [3.8, 4) is 0 Å². The second kappa shape index (κ2) is 5.19. The van der Waals surface area contributed by atoms with Crippen LogP contribution >= 0.6 is 11.3 Å². The van der Waals surface area contributed by atoms with Gasteiger partial charge in [-0.1, -0.05) is 6.92 Å². The number of carbonyl (C=O) groups is 1. The molecule has 0 saturated carbocycles. The highest BCUT2D eigenvalue weighted by atomic mass is 32.1. The molecule has 2 N–H and O–H groups in total. The standard InChI is InChI=1S/C13H20N2OS/c1-3-13(5-4-6-15-13)12(16)14-7-11-9-17-8-10(11)2/h8-9,15H,3-7H2,1-2H3,(H,14,16). The Hall–Kier alpha value is -0.870. The van der Waals surface area contributed by atoms with Gasteiger partial charge >= 0.3 is 0 Å². The molecule has 0 spiro atoms. The summed E-state index contributed by atoms with van der Waals surface area (Å²) in [5.74, 6) is 0.156. The molecular formula is C13H20N2OS. The molecule has 1 fully saturated rings. The maximum absolute atomic E-state index is 12.2. The monoisotopic (exact) mass is 252 g/mol. The van der Waals surface area contributed by atoms with E-state index >= 15 is 0 Å². The number of amides is 1. The Morgan fingerprint density at radius 2 is 2.41 bits per heavy atom. The molecule has 3 nitrogen and oxygen atoms in total. The maximum Gasteiger partial charge on any atom is 0.240 e. The summed E-state index contributed by atoms with van der Waals surface area (Å²) in [6.07, 6.45) is 2.91. The number of hydrogen-bond acceptors (Lipinski definition) is 3. The highest BCUT2D eigenvalue weighted by molar-refractivity contribution is 7.08. The molecule has 0 aliphatic carbocycles. The number of carbonyl (C=O) groups excluding carboxylic acids is 1. The fourth-order valence-corrected chi connectivity index (χ4v) is 3.23. The van der Waals surface area contributed by atoms with Crippen LogP contribution in [0.1, 0.15) is 37.3 Å². The molecule has 0 radical (unpaired) electrons. The summed E-state index contributed by atoms with van der Waals surface area (Å²) in [6, 6.07) is 0. The van der Waals surface area contributed by atoms with E-state index in [4.69, 9.17) is 0 Å². The molecule has 1 aromatic heterocycles. The lowest BCUT2D eigenvalue weighted by atomic mass is 9.93. The Bertz CT molecular complexity index is 394. The average Bonchev–Trinajstić information content (AvgIpc) is 2.95. The number of aryl methyl sites for hydroxylation is 1. The molecule has 2 heterocycles. The number of thiophene rings is 1. The lowest BCUT2D eigenvalue weighted by Gasteiger charge is -2.26. The highest BCUT2D eigenvalue weighted by Crippen LogP contribution is 2.23. The van der Waals surface area contributed by atoms with Crippen molar-refractivity contribution in [1.29, 1.82) is 0 Å². The van der Waals surface area contributed by atoms with E-state index in [1.54, 1.807) is 11.3 Å². The van der Waals surface area contributed by atoms with Gasteiger partial charge in [0.05, 0.1) is 5.54 Å². The Morgan fingerprint density at radius 3 is 2.94 bits per heavy atom. The molecule has 2 rings (SSSR count). The largest absolute Gasteiger partial charge is 0.350 e. The van der Waals surface area contributed by atoms with Crippen LogP contribution in [0.5, 0.6) is 0 Å². The van der Waals surface area contributed by atoms with Crippen LogP contribution in [0.15, 0.2) is 10.8 Å². The first-order valence-electron chi connectivity index (χ1n) is 6.23. The third-order valence-electron chi connectivity index (χ3n) is 3.68. The van der Waals surface area contributed by atoms with Gasteiger partial charge in [-0.25, -0.2) is 0 Å². The maximum atomic E-state index is 12.2. The zero-order valence-electron chi connectivity index (χ0n) is 10.5. The quantitative estimate of drug-likeness (QED) is 0.862. The first-order valence-corrected chi connectivity index (χ1v) is 7.17. The molecule has 1 atom stereocenters. The van der Waals surface area contributed by atoms with Crippen LogP contribution in [0.3, 0.4) is 0 Å². The molecule has 1 saturated heterocycles. The Balaban J connectivity index is 1.95. The van der Waals surface area contributed by atoms with E-state index in [0.717, 1.165) is 25.8 Å². The lowest BCUT2D eigenvalue weighted by molar-refractivity contribution is -0.127. The van der Waals surface area contributed by atoms with Gasteiger partial charge in [0.25, 0.3) is 0 Å². The van der Waals surface area contributed by atoms with E-state index in [9.17, 15) is 4.79 Å². The van der Waals surface area contributed by atoms with Crippen molar-refractivity contribution in [1.82, 2.24) is 10.6 Å². The molecule has 0 aromatic carbocycles. The third-order valence-corrected chi connectivity index (χ3v) is 4.59. The second-order valence-electron chi connectivity index (χ2n) is 4.73. The van der Waals surface area contributed by atoms with E-state index < -0.39 is 0 Å². The molecule has 94 valence electrons. The fourth-order valence-electron chi connectivity index (χ4n) is 2.37. The van der Waals surface area contributed by atoms with Crippen LogP contribution < -0.4 is 10.6 Å². The zero-order chi connectivity index (χ0) is 12.3. The van der Waals surface area contributed by atoms with Gasteiger partial charge in [0.2, 0.25) is 5.91 Å². The SMILES string of the molecule is CCC1(C(=O)NCc2cscc2C)CCCN1. The summed E-state index contributed by atoms with van der Waals surface area (Å²) in [7, 11) is 0. The van der Waals surface area contributed by atoms with Crippen molar-refractivity contribution < 1.29 is 4.79 Å². The summed E-state index contributed by atoms with van der Waals surface area (Å²) in [5.41, 5.74) is 2.18. The molecule has 1 aromatic rings. The summed E-state index contributed by atoms with van der Waals surface area (Å²) in [4.78, 5) is 12.2.